The summed E-state index contributed by atoms with van der Waals surface area (Å²) in [5, 5.41) is 13.5. The van der Waals surface area contributed by atoms with Gasteiger partial charge < -0.3 is 15.2 Å². The third-order valence-corrected chi connectivity index (χ3v) is 9.06. The van der Waals surface area contributed by atoms with E-state index in [1.54, 1.807) is 41.8 Å². The Morgan fingerprint density at radius 2 is 1.76 bits per heavy atom. The lowest BCUT2D eigenvalue weighted by atomic mass is 10.0. The molecule has 2 amide bonds. The zero-order valence-electron chi connectivity index (χ0n) is 19.9. The molecule has 1 fully saturated rings. The summed E-state index contributed by atoms with van der Waals surface area (Å²) in [7, 11) is -4.18. The number of hydrogen-bond acceptors (Lipinski definition) is 7. The van der Waals surface area contributed by atoms with Crippen LogP contribution < -0.4 is 5.32 Å². The van der Waals surface area contributed by atoms with Crippen LogP contribution in [0.2, 0.25) is 0 Å². The average Bonchev–Trinajstić information content (AvgIpc) is 3.59. The predicted octanol–water partition coefficient (Wildman–Crippen LogP) is 3.19. The van der Waals surface area contributed by atoms with Crippen LogP contribution >= 0.6 is 11.3 Å². The normalized spacial score (nSPS) is 16.7. The number of thiophene rings is 1. The second-order valence-corrected chi connectivity index (χ2v) is 11.4. The molecule has 38 heavy (non-hydrogen) atoms. The Hall–Kier alpha value is -3.81. The molecule has 0 aliphatic carbocycles. The maximum absolute atomic E-state index is 13.6. The Morgan fingerprint density at radius 3 is 2.39 bits per heavy atom. The topological polar surface area (TPSA) is 133 Å². The van der Waals surface area contributed by atoms with Crippen LogP contribution in [0.15, 0.2) is 76.3 Å². The Bertz CT molecular complexity index is 1380. The van der Waals surface area contributed by atoms with Crippen LogP contribution in [-0.4, -0.2) is 60.0 Å². The summed E-state index contributed by atoms with van der Waals surface area (Å²) in [6.45, 7) is -0.408. The minimum absolute atomic E-state index is 0.0181. The number of nitrogens with one attached hydrogen (secondary N) is 1. The van der Waals surface area contributed by atoms with Crippen molar-refractivity contribution in [2.45, 2.75) is 29.4 Å². The summed E-state index contributed by atoms with van der Waals surface area (Å²) in [6, 6.07) is 15.5. The number of carbonyl (C=O) groups excluding carboxylic acids is 2. The number of halogens is 1. The number of nitrogens with zero attached hydrogens (tertiary/aromatic N) is 2. The van der Waals surface area contributed by atoms with E-state index in [0.29, 0.717) is 11.1 Å². The number of benzene rings is 2. The Morgan fingerprint density at radius 1 is 1.05 bits per heavy atom. The Labute approximate surface area is 222 Å². The molecule has 2 unspecified atom stereocenters. The molecule has 0 bridgehead atoms. The highest BCUT2D eigenvalue weighted by molar-refractivity contribution is 7.91. The number of carbonyl (C=O) groups is 3. The number of ether oxygens (including phenoxy) is 1. The monoisotopic (exact) mass is 561 g/mol. The van der Waals surface area contributed by atoms with Gasteiger partial charge in [0.25, 0.3) is 15.9 Å². The molecule has 2 heterocycles. The minimum Gasteiger partial charge on any atom is -0.481 e. The standard InChI is InChI=1S/C25H24FN3O7S2/c26-19-10-8-18(9-11-19)20(15-21(30)31)27-23(32)24-28(25(33)36-16-17-5-2-1-3-6-17)12-13-29(24)38(34,35)22-7-4-14-37-22/h1-11,14,20,24H,12-13,15-16H2,(H,27,32)(H,30,31). The van der Waals surface area contributed by atoms with Gasteiger partial charge in [0, 0.05) is 13.1 Å². The third-order valence-electron chi connectivity index (χ3n) is 5.83. The number of carboxylic acids is 1. The number of rotatable bonds is 9. The molecule has 1 aliphatic rings. The summed E-state index contributed by atoms with van der Waals surface area (Å²) in [6.07, 6.45) is -3.10. The number of aliphatic carboxylic acids is 1. The smallest absolute Gasteiger partial charge is 0.411 e. The number of amides is 2. The van der Waals surface area contributed by atoms with Gasteiger partial charge in [0.05, 0.1) is 12.5 Å². The van der Waals surface area contributed by atoms with Gasteiger partial charge >= 0.3 is 12.1 Å². The van der Waals surface area contributed by atoms with E-state index in [2.05, 4.69) is 5.32 Å². The molecule has 3 aromatic rings. The summed E-state index contributed by atoms with van der Waals surface area (Å²) in [5.74, 6) is -2.71. The SMILES string of the molecule is O=C(O)CC(NC(=O)C1N(C(=O)OCc2ccccc2)CCN1S(=O)(=O)c1cccs1)c1ccc(F)cc1. The van der Waals surface area contributed by atoms with Gasteiger partial charge in [-0.3, -0.25) is 14.5 Å². The fourth-order valence-corrected chi connectivity index (χ4v) is 6.68. The second-order valence-electron chi connectivity index (χ2n) is 8.37. The summed E-state index contributed by atoms with van der Waals surface area (Å²) in [4.78, 5) is 39.1. The molecule has 1 aromatic heterocycles. The van der Waals surface area contributed by atoms with Crippen molar-refractivity contribution in [2.75, 3.05) is 13.1 Å². The van der Waals surface area contributed by atoms with Gasteiger partial charge in [-0.15, -0.1) is 11.3 Å². The van der Waals surface area contributed by atoms with E-state index in [1.165, 1.54) is 18.2 Å². The molecule has 4 rings (SSSR count). The van der Waals surface area contributed by atoms with Crippen molar-refractivity contribution in [2.24, 2.45) is 0 Å². The quantitative estimate of drug-likeness (QED) is 0.410. The van der Waals surface area contributed by atoms with Gasteiger partial charge in [0.1, 0.15) is 16.6 Å². The van der Waals surface area contributed by atoms with E-state index in [0.717, 1.165) is 32.7 Å². The molecule has 1 saturated heterocycles. The fourth-order valence-electron chi connectivity index (χ4n) is 4.02. The molecule has 0 radical (unpaired) electrons. The highest BCUT2D eigenvalue weighted by Gasteiger charge is 2.48. The van der Waals surface area contributed by atoms with Gasteiger partial charge in [-0.2, -0.15) is 4.31 Å². The number of carboxylic acid groups (broad SMARTS) is 1. The molecular formula is C25H24FN3O7S2. The van der Waals surface area contributed by atoms with E-state index in [1.807, 2.05) is 0 Å². The first-order valence-corrected chi connectivity index (χ1v) is 13.8. The highest BCUT2D eigenvalue weighted by Crippen LogP contribution is 2.29. The lowest BCUT2D eigenvalue weighted by molar-refractivity contribution is -0.138. The predicted molar refractivity (Wildman–Crippen MR) is 135 cm³/mol. The van der Waals surface area contributed by atoms with Crippen LogP contribution in [0.4, 0.5) is 9.18 Å². The molecule has 0 spiro atoms. The largest absolute Gasteiger partial charge is 0.481 e. The lowest BCUT2D eigenvalue weighted by Gasteiger charge is -2.29. The summed E-state index contributed by atoms with van der Waals surface area (Å²) < 4.78 is 46.4. The fraction of sp³-hybridized carbons (Fsp3) is 0.240. The van der Waals surface area contributed by atoms with Crippen LogP contribution in [0, 0.1) is 5.82 Å². The lowest BCUT2D eigenvalue weighted by Crippen LogP contribution is -2.54. The van der Waals surface area contributed by atoms with Crippen LogP contribution in [0.5, 0.6) is 0 Å². The van der Waals surface area contributed by atoms with Crippen molar-refractivity contribution in [3.63, 3.8) is 0 Å². The maximum Gasteiger partial charge on any atom is 0.411 e. The Balaban J connectivity index is 1.62. The molecular weight excluding hydrogens is 537 g/mol. The van der Waals surface area contributed by atoms with Crippen molar-refractivity contribution in [3.8, 4) is 0 Å². The van der Waals surface area contributed by atoms with E-state index >= 15 is 0 Å². The molecule has 2 N–H and O–H groups in total. The molecule has 2 aromatic carbocycles. The average molecular weight is 562 g/mol. The van der Waals surface area contributed by atoms with E-state index in [4.69, 9.17) is 4.74 Å². The Kier molecular flexibility index (Phi) is 8.39. The van der Waals surface area contributed by atoms with Gasteiger partial charge in [-0.05, 0) is 34.7 Å². The zero-order chi connectivity index (χ0) is 27.3. The molecule has 1 aliphatic heterocycles. The molecule has 2 atom stereocenters. The molecule has 200 valence electrons. The van der Waals surface area contributed by atoms with Crippen molar-refractivity contribution in [1.29, 1.82) is 0 Å². The van der Waals surface area contributed by atoms with E-state index in [-0.39, 0.29) is 23.9 Å². The van der Waals surface area contributed by atoms with Gasteiger partial charge in [-0.1, -0.05) is 48.5 Å². The van der Waals surface area contributed by atoms with Gasteiger partial charge in [0.2, 0.25) is 0 Å². The second kappa shape index (κ2) is 11.7. The van der Waals surface area contributed by atoms with Crippen LogP contribution in [-0.2, 0) is 31.0 Å². The first-order valence-electron chi connectivity index (χ1n) is 11.5. The molecule has 10 nitrogen and oxygen atoms in total. The first kappa shape index (κ1) is 27.2. The van der Waals surface area contributed by atoms with Gasteiger partial charge in [-0.25, -0.2) is 17.6 Å². The van der Waals surface area contributed by atoms with E-state index < -0.39 is 52.4 Å². The van der Waals surface area contributed by atoms with Crippen LogP contribution in [0.25, 0.3) is 0 Å². The van der Waals surface area contributed by atoms with Crippen LogP contribution in [0.3, 0.4) is 0 Å². The van der Waals surface area contributed by atoms with Gasteiger partial charge in [0.15, 0.2) is 6.17 Å². The maximum atomic E-state index is 13.6. The summed E-state index contributed by atoms with van der Waals surface area (Å²) >= 11 is 0.959. The van der Waals surface area contributed by atoms with Crippen molar-refractivity contribution in [1.82, 2.24) is 14.5 Å². The third kappa shape index (κ3) is 6.18. The zero-order valence-corrected chi connectivity index (χ0v) is 21.5. The summed E-state index contributed by atoms with van der Waals surface area (Å²) in [5.41, 5.74) is 0.993. The van der Waals surface area contributed by atoms with Crippen molar-refractivity contribution in [3.05, 3.63) is 89.1 Å². The highest BCUT2D eigenvalue weighted by atomic mass is 32.2. The van der Waals surface area contributed by atoms with Crippen molar-refractivity contribution < 1.29 is 37.0 Å². The number of hydrogen-bond donors (Lipinski definition) is 2. The minimum atomic E-state index is -4.18. The van der Waals surface area contributed by atoms with Crippen molar-refractivity contribution >= 4 is 39.3 Å². The molecule has 0 saturated carbocycles. The number of sulfonamides is 1. The van der Waals surface area contributed by atoms with E-state index in [9.17, 15) is 32.3 Å². The first-order chi connectivity index (χ1) is 18.2. The molecule has 13 heteroatoms. The van der Waals surface area contributed by atoms with Crippen LogP contribution in [0.1, 0.15) is 23.6 Å².